The molecule has 0 bridgehead atoms. The van der Waals surface area contributed by atoms with Crippen molar-refractivity contribution in [2.45, 2.75) is 367 Å². The van der Waals surface area contributed by atoms with Crippen LogP contribution in [0, 0.1) is 0 Å². The third-order valence-electron chi connectivity index (χ3n) is 15.9. The molecule has 0 aromatic carbocycles. The Hall–Kier alpha value is -1.51. The van der Waals surface area contributed by atoms with Gasteiger partial charge in [0.2, 0.25) is 5.91 Å². The summed E-state index contributed by atoms with van der Waals surface area (Å²) in [7, 11) is 1.20. The molecule has 3 atom stereocenters. The van der Waals surface area contributed by atoms with E-state index in [-0.39, 0.29) is 31.5 Å². The highest BCUT2D eigenvalue weighted by molar-refractivity contribution is 7.45. The summed E-state index contributed by atoms with van der Waals surface area (Å²) in [5.74, 6) is -0.526. The standard InChI is InChI=1S/C69H135N2O7P/c1-7-10-13-16-19-22-25-27-29-31-32-33-34-35-36-37-38-40-41-43-46-49-52-55-58-61-68(72)70-66(65-77-79(74,75)76-64-63-71(4,5)6)67(60-57-54-51-48-45-24-21-18-15-12-9-3)78-69(73)62-59-56-53-50-47-44-42-39-30-28-26-23-20-17-14-11-8-2/h28,30,57,60,66-67H,7-27,29,31-56,58-59,61-65H2,1-6H3,(H-,70,72,74,75)/b30-28+,60-57-. The van der Waals surface area contributed by atoms with Crippen molar-refractivity contribution >= 4 is 19.7 Å². The minimum absolute atomic E-state index is 0.0192. The molecule has 1 amide bonds. The number of carbonyl (C=O) groups excluding carboxylic acids is 2. The lowest BCUT2D eigenvalue weighted by atomic mass is 10.0. The molecule has 0 rings (SSSR count). The largest absolute Gasteiger partial charge is 0.756 e. The van der Waals surface area contributed by atoms with E-state index in [0.29, 0.717) is 17.4 Å². The highest BCUT2D eigenvalue weighted by Crippen LogP contribution is 2.38. The molecule has 0 spiro atoms. The fourth-order valence-electron chi connectivity index (χ4n) is 10.5. The number of amides is 1. The lowest BCUT2D eigenvalue weighted by Crippen LogP contribution is -2.47. The number of phosphoric ester groups is 1. The predicted octanol–water partition coefficient (Wildman–Crippen LogP) is 21.0. The number of carbonyl (C=O) groups is 2. The average Bonchev–Trinajstić information content (AvgIpc) is 3.41. The van der Waals surface area contributed by atoms with Crippen LogP contribution < -0.4 is 10.2 Å². The molecule has 0 aliphatic carbocycles. The van der Waals surface area contributed by atoms with Crippen molar-refractivity contribution < 1.29 is 37.3 Å². The van der Waals surface area contributed by atoms with Crippen molar-refractivity contribution in [3.63, 3.8) is 0 Å². The zero-order chi connectivity index (χ0) is 57.9. The molecule has 1 N–H and O–H groups in total. The van der Waals surface area contributed by atoms with Crippen LogP contribution in [-0.4, -0.2) is 69.4 Å². The molecule has 0 aromatic rings. The first-order valence-corrected chi connectivity index (χ1v) is 36.1. The average molecular weight is 1140 g/mol. The summed E-state index contributed by atoms with van der Waals surface area (Å²) in [6, 6.07) is -0.885. The van der Waals surface area contributed by atoms with Gasteiger partial charge in [0, 0.05) is 12.8 Å². The van der Waals surface area contributed by atoms with Crippen LogP contribution in [0.4, 0.5) is 0 Å². The molecule has 468 valence electrons. The number of rotatable bonds is 64. The first-order valence-electron chi connectivity index (χ1n) is 34.6. The summed E-state index contributed by atoms with van der Waals surface area (Å²) in [6.07, 6.45) is 71.6. The summed E-state index contributed by atoms with van der Waals surface area (Å²) in [6.45, 7) is 6.89. The molecule has 0 aliphatic rings. The number of unbranched alkanes of at least 4 members (excludes halogenated alkanes) is 46. The van der Waals surface area contributed by atoms with E-state index in [0.717, 1.165) is 64.2 Å². The minimum Gasteiger partial charge on any atom is -0.756 e. The van der Waals surface area contributed by atoms with E-state index in [4.69, 9.17) is 13.8 Å². The van der Waals surface area contributed by atoms with Crippen molar-refractivity contribution in [3.05, 3.63) is 24.3 Å². The van der Waals surface area contributed by atoms with E-state index < -0.39 is 20.0 Å². The molecular formula is C69H135N2O7P. The monoisotopic (exact) mass is 1140 g/mol. The van der Waals surface area contributed by atoms with Gasteiger partial charge in [-0.05, 0) is 57.4 Å². The van der Waals surface area contributed by atoms with Crippen LogP contribution in [0.15, 0.2) is 24.3 Å². The van der Waals surface area contributed by atoms with E-state index in [1.165, 1.54) is 257 Å². The topological polar surface area (TPSA) is 114 Å². The Morgan fingerprint density at radius 3 is 1.08 bits per heavy atom. The first-order chi connectivity index (χ1) is 38.4. The number of nitrogens with zero attached hydrogens (tertiary/aromatic N) is 1. The van der Waals surface area contributed by atoms with Gasteiger partial charge in [-0.2, -0.15) is 0 Å². The Kier molecular flexibility index (Phi) is 58.5. The number of phosphoric acid groups is 1. The fourth-order valence-corrected chi connectivity index (χ4v) is 11.2. The number of quaternary nitrogens is 1. The summed E-state index contributed by atoms with van der Waals surface area (Å²) < 4.78 is 30.4. The zero-order valence-electron chi connectivity index (χ0n) is 53.6. The Bertz CT molecular complexity index is 1400. The van der Waals surface area contributed by atoms with Crippen molar-refractivity contribution in [3.8, 4) is 0 Å². The molecule has 0 heterocycles. The van der Waals surface area contributed by atoms with Gasteiger partial charge in [-0.1, -0.05) is 309 Å². The quantitative estimate of drug-likeness (QED) is 0.0212. The lowest BCUT2D eigenvalue weighted by molar-refractivity contribution is -0.870. The van der Waals surface area contributed by atoms with Crippen LogP contribution in [0.3, 0.4) is 0 Å². The van der Waals surface area contributed by atoms with Gasteiger partial charge in [0.25, 0.3) is 7.82 Å². The number of hydrogen-bond donors (Lipinski definition) is 1. The summed E-state index contributed by atoms with van der Waals surface area (Å²) >= 11 is 0. The van der Waals surface area contributed by atoms with Gasteiger partial charge < -0.3 is 28.5 Å². The Morgan fingerprint density at radius 2 is 0.734 bits per heavy atom. The SMILES string of the molecule is CCCCCCCC/C=C/CCCCCCCCCC(=O)OC(/C=C\CCCCCCCCCCC)C(COP(=O)([O-])OCC[N+](C)(C)C)NC(=O)CCCCCCCCCCCCCCCCCCCCCCCCCCC. The van der Waals surface area contributed by atoms with E-state index in [2.05, 4.69) is 38.2 Å². The second-order valence-corrected chi connectivity index (χ2v) is 26.5. The summed E-state index contributed by atoms with van der Waals surface area (Å²) in [5, 5.41) is 3.04. The molecule has 0 aliphatic heterocycles. The van der Waals surface area contributed by atoms with Gasteiger partial charge in [0.15, 0.2) is 0 Å². The van der Waals surface area contributed by atoms with Gasteiger partial charge in [0.05, 0.1) is 33.8 Å². The fraction of sp³-hybridized carbons (Fsp3) is 0.913. The summed E-state index contributed by atoms with van der Waals surface area (Å²) in [5.41, 5.74) is 0. The normalized spacial score (nSPS) is 13.7. The maximum atomic E-state index is 13.6. The maximum Gasteiger partial charge on any atom is 0.306 e. The third kappa shape index (κ3) is 60.9. The van der Waals surface area contributed by atoms with E-state index in [9.17, 15) is 19.0 Å². The number of nitrogens with one attached hydrogen (secondary N) is 1. The molecule has 3 unspecified atom stereocenters. The molecule has 0 saturated carbocycles. The second kappa shape index (κ2) is 59.6. The van der Waals surface area contributed by atoms with Crippen LogP contribution in [0.1, 0.15) is 355 Å². The lowest BCUT2D eigenvalue weighted by Gasteiger charge is -2.30. The molecule has 0 aromatic heterocycles. The van der Waals surface area contributed by atoms with Gasteiger partial charge in [-0.15, -0.1) is 0 Å². The van der Waals surface area contributed by atoms with Crippen molar-refractivity contribution in [2.24, 2.45) is 0 Å². The zero-order valence-corrected chi connectivity index (χ0v) is 54.5. The van der Waals surface area contributed by atoms with Crippen LogP contribution in [0.2, 0.25) is 0 Å². The molecule has 0 radical (unpaired) electrons. The molecule has 9 nitrogen and oxygen atoms in total. The van der Waals surface area contributed by atoms with Gasteiger partial charge >= 0.3 is 5.97 Å². The van der Waals surface area contributed by atoms with Crippen LogP contribution in [-0.2, 0) is 27.9 Å². The maximum absolute atomic E-state index is 13.6. The number of esters is 1. The third-order valence-corrected chi connectivity index (χ3v) is 16.8. The predicted molar refractivity (Wildman–Crippen MR) is 340 cm³/mol. The summed E-state index contributed by atoms with van der Waals surface area (Å²) in [4.78, 5) is 40.1. The highest BCUT2D eigenvalue weighted by atomic mass is 31.2. The van der Waals surface area contributed by atoms with Crippen LogP contribution in [0.5, 0.6) is 0 Å². The smallest absolute Gasteiger partial charge is 0.306 e. The number of hydrogen-bond acceptors (Lipinski definition) is 7. The first kappa shape index (κ1) is 77.5. The molecule has 0 fully saturated rings. The van der Waals surface area contributed by atoms with E-state index >= 15 is 0 Å². The van der Waals surface area contributed by atoms with Crippen molar-refractivity contribution in [2.75, 3.05) is 40.9 Å². The highest BCUT2D eigenvalue weighted by Gasteiger charge is 2.27. The number of ether oxygens (including phenoxy) is 1. The Morgan fingerprint density at radius 1 is 0.430 bits per heavy atom. The molecular weight excluding hydrogens is 1000 g/mol. The van der Waals surface area contributed by atoms with Crippen molar-refractivity contribution in [1.82, 2.24) is 5.32 Å². The van der Waals surface area contributed by atoms with Gasteiger partial charge in [0.1, 0.15) is 19.3 Å². The van der Waals surface area contributed by atoms with Gasteiger partial charge in [-0.25, -0.2) is 0 Å². The second-order valence-electron chi connectivity index (χ2n) is 25.0. The Labute approximate surface area is 492 Å². The molecule has 10 heteroatoms. The number of likely N-dealkylation sites (N-methyl/N-ethyl adjacent to an activating group) is 1. The minimum atomic E-state index is -4.70. The van der Waals surface area contributed by atoms with Crippen LogP contribution in [0.25, 0.3) is 0 Å². The number of allylic oxidation sites excluding steroid dienone is 3. The van der Waals surface area contributed by atoms with Crippen molar-refractivity contribution in [1.29, 1.82) is 0 Å². The van der Waals surface area contributed by atoms with Gasteiger partial charge in [-0.3, -0.25) is 14.2 Å². The molecule has 0 saturated heterocycles. The van der Waals surface area contributed by atoms with E-state index in [1.807, 2.05) is 33.3 Å². The van der Waals surface area contributed by atoms with E-state index in [1.54, 1.807) is 0 Å². The Balaban J connectivity index is 4.99. The molecule has 79 heavy (non-hydrogen) atoms. The van der Waals surface area contributed by atoms with Crippen LogP contribution >= 0.6 is 7.82 Å².